The summed E-state index contributed by atoms with van der Waals surface area (Å²) in [5, 5.41) is 1.02. The van der Waals surface area contributed by atoms with Gasteiger partial charge in [0, 0.05) is 16.6 Å². The fraction of sp³-hybridized carbons (Fsp3) is 0.333. The Morgan fingerprint density at radius 3 is 1.80 bits per heavy atom. The SMILES string of the molecule is CC(C)P(=O)(c1ccccc1-c1ccccc1)C(C)C. The van der Waals surface area contributed by atoms with Gasteiger partial charge in [0.1, 0.15) is 7.14 Å². The van der Waals surface area contributed by atoms with E-state index < -0.39 is 7.14 Å². The van der Waals surface area contributed by atoms with E-state index in [1.807, 2.05) is 36.4 Å². The number of hydrogen-bond donors (Lipinski definition) is 0. The van der Waals surface area contributed by atoms with Crippen LogP contribution >= 0.6 is 7.14 Å². The summed E-state index contributed by atoms with van der Waals surface area (Å²) in [5.74, 6) is 0. The van der Waals surface area contributed by atoms with Crippen LogP contribution in [0.25, 0.3) is 11.1 Å². The van der Waals surface area contributed by atoms with Gasteiger partial charge < -0.3 is 4.57 Å². The van der Waals surface area contributed by atoms with Crippen LogP contribution in [0.5, 0.6) is 0 Å². The van der Waals surface area contributed by atoms with E-state index in [-0.39, 0.29) is 11.3 Å². The molecule has 20 heavy (non-hydrogen) atoms. The third-order valence-corrected chi connectivity index (χ3v) is 8.11. The molecule has 106 valence electrons. The minimum atomic E-state index is -2.42. The second-order valence-corrected chi connectivity index (χ2v) is 9.75. The van der Waals surface area contributed by atoms with Crippen LogP contribution in [0.3, 0.4) is 0 Å². The average molecular weight is 286 g/mol. The first-order chi connectivity index (χ1) is 9.48. The Balaban J connectivity index is 2.67. The zero-order chi connectivity index (χ0) is 14.8. The van der Waals surface area contributed by atoms with Crippen LogP contribution in [0.4, 0.5) is 0 Å². The van der Waals surface area contributed by atoms with Gasteiger partial charge in [-0.2, -0.15) is 0 Å². The smallest absolute Gasteiger partial charge is 0.121 e. The molecule has 0 saturated heterocycles. The second-order valence-electron chi connectivity index (χ2n) is 5.78. The van der Waals surface area contributed by atoms with Crippen molar-refractivity contribution >= 4 is 12.4 Å². The number of rotatable bonds is 4. The normalized spacial score (nSPS) is 12.1. The monoisotopic (exact) mass is 286 g/mol. The molecule has 0 amide bonds. The predicted octanol–water partition coefficient (Wildman–Crippen LogP) is 5.16. The van der Waals surface area contributed by atoms with Crippen molar-refractivity contribution in [1.29, 1.82) is 0 Å². The third-order valence-electron chi connectivity index (χ3n) is 3.90. The van der Waals surface area contributed by atoms with Crippen LogP contribution in [0.15, 0.2) is 54.6 Å². The van der Waals surface area contributed by atoms with Gasteiger partial charge in [-0.15, -0.1) is 0 Å². The number of hydrogen-bond acceptors (Lipinski definition) is 1. The maximum Gasteiger partial charge on any atom is 0.121 e. The van der Waals surface area contributed by atoms with Gasteiger partial charge >= 0.3 is 0 Å². The van der Waals surface area contributed by atoms with Gasteiger partial charge in [0.2, 0.25) is 0 Å². The van der Waals surface area contributed by atoms with Gasteiger partial charge in [-0.05, 0) is 11.1 Å². The lowest BCUT2D eigenvalue weighted by atomic mass is 10.1. The summed E-state index contributed by atoms with van der Waals surface area (Å²) in [5.41, 5.74) is 2.57. The van der Waals surface area contributed by atoms with Gasteiger partial charge in [0.05, 0.1) is 0 Å². The minimum Gasteiger partial charge on any atom is -0.318 e. The lowest BCUT2D eigenvalue weighted by Gasteiger charge is -2.28. The maximum absolute atomic E-state index is 13.6. The first kappa shape index (κ1) is 15.1. The molecule has 0 spiro atoms. The van der Waals surface area contributed by atoms with Crippen molar-refractivity contribution in [3.63, 3.8) is 0 Å². The molecule has 2 aromatic carbocycles. The summed E-state index contributed by atoms with van der Waals surface area (Å²) in [7, 11) is -2.42. The highest BCUT2D eigenvalue weighted by Gasteiger charge is 2.34. The largest absolute Gasteiger partial charge is 0.318 e. The van der Waals surface area contributed by atoms with Crippen molar-refractivity contribution in [2.75, 3.05) is 0 Å². The highest BCUT2D eigenvalue weighted by atomic mass is 31.2. The Bertz CT molecular complexity index is 602. The minimum absolute atomic E-state index is 0.160. The van der Waals surface area contributed by atoms with Crippen LogP contribution in [0.2, 0.25) is 0 Å². The Morgan fingerprint density at radius 1 is 0.750 bits per heavy atom. The van der Waals surface area contributed by atoms with Crippen molar-refractivity contribution in [2.24, 2.45) is 0 Å². The quantitative estimate of drug-likeness (QED) is 0.710. The summed E-state index contributed by atoms with van der Waals surface area (Å²) >= 11 is 0. The number of benzene rings is 2. The lowest BCUT2D eigenvalue weighted by Crippen LogP contribution is -2.21. The van der Waals surface area contributed by atoms with E-state index in [4.69, 9.17) is 0 Å². The first-order valence-electron chi connectivity index (χ1n) is 7.22. The molecule has 0 heterocycles. The molecule has 0 N–H and O–H groups in total. The van der Waals surface area contributed by atoms with Crippen LogP contribution in [0, 0.1) is 0 Å². The fourth-order valence-electron chi connectivity index (χ4n) is 2.79. The molecule has 0 aliphatic carbocycles. The van der Waals surface area contributed by atoms with Crippen molar-refractivity contribution in [1.82, 2.24) is 0 Å². The van der Waals surface area contributed by atoms with E-state index in [0.29, 0.717) is 0 Å². The zero-order valence-corrected chi connectivity index (χ0v) is 13.6. The van der Waals surface area contributed by atoms with Gasteiger partial charge in [-0.1, -0.05) is 82.3 Å². The molecule has 0 atom stereocenters. The molecule has 0 fully saturated rings. The summed E-state index contributed by atoms with van der Waals surface area (Å²) in [6, 6.07) is 18.4. The highest BCUT2D eigenvalue weighted by molar-refractivity contribution is 7.73. The zero-order valence-electron chi connectivity index (χ0n) is 12.7. The molecule has 0 radical (unpaired) electrons. The van der Waals surface area contributed by atoms with Crippen LogP contribution in [-0.2, 0) is 4.57 Å². The summed E-state index contributed by atoms with van der Waals surface area (Å²) in [4.78, 5) is 0. The van der Waals surface area contributed by atoms with Gasteiger partial charge in [0.25, 0.3) is 0 Å². The molecule has 2 heteroatoms. The van der Waals surface area contributed by atoms with Crippen LogP contribution in [-0.4, -0.2) is 11.3 Å². The van der Waals surface area contributed by atoms with E-state index in [2.05, 4.69) is 45.9 Å². The second kappa shape index (κ2) is 5.97. The summed E-state index contributed by atoms with van der Waals surface area (Å²) in [6.07, 6.45) is 0. The maximum atomic E-state index is 13.6. The lowest BCUT2D eigenvalue weighted by molar-refractivity contribution is 0.569. The molecule has 1 nitrogen and oxygen atoms in total. The van der Waals surface area contributed by atoms with Crippen LogP contribution in [0.1, 0.15) is 27.7 Å². The Morgan fingerprint density at radius 2 is 1.25 bits per heavy atom. The molecule has 2 aromatic rings. The fourth-order valence-corrected chi connectivity index (χ4v) is 6.00. The van der Waals surface area contributed by atoms with E-state index in [1.165, 1.54) is 0 Å². The van der Waals surface area contributed by atoms with Gasteiger partial charge in [0.15, 0.2) is 0 Å². The third kappa shape index (κ3) is 2.60. The molecule has 0 bridgehead atoms. The molecule has 0 aliphatic heterocycles. The van der Waals surface area contributed by atoms with E-state index >= 15 is 0 Å². The van der Waals surface area contributed by atoms with Gasteiger partial charge in [-0.25, -0.2) is 0 Å². The highest BCUT2D eigenvalue weighted by Crippen LogP contribution is 2.55. The predicted molar refractivity (Wildman–Crippen MR) is 89.4 cm³/mol. The molecular formula is C18H23OP. The standard InChI is InChI=1S/C18H23OP/c1-14(2)20(19,15(3)4)18-13-9-8-12-17(18)16-10-6-5-7-11-16/h5-15H,1-4H3. The van der Waals surface area contributed by atoms with Crippen molar-refractivity contribution < 1.29 is 4.57 Å². The van der Waals surface area contributed by atoms with E-state index in [9.17, 15) is 4.57 Å². The Labute approximate surface area is 122 Å². The van der Waals surface area contributed by atoms with E-state index in [0.717, 1.165) is 16.4 Å². The Hall–Kier alpha value is -1.33. The van der Waals surface area contributed by atoms with Crippen molar-refractivity contribution in [2.45, 2.75) is 39.0 Å². The van der Waals surface area contributed by atoms with Crippen LogP contribution < -0.4 is 5.30 Å². The van der Waals surface area contributed by atoms with Crippen molar-refractivity contribution in [3.8, 4) is 11.1 Å². The van der Waals surface area contributed by atoms with Crippen molar-refractivity contribution in [3.05, 3.63) is 54.6 Å². The Kier molecular flexibility index (Phi) is 4.50. The molecule has 2 rings (SSSR count). The first-order valence-corrected chi connectivity index (χ1v) is 9.07. The summed E-state index contributed by atoms with van der Waals surface area (Å²) < 4.78 is 13.6. The molecule has 0 aromatic heterocycles. The molecule has 0 unspecified atom stereocenters. The average Bonchev–Trinajstić information content (AvgIpc) is 2.47. The molecular weight excluding hydrogens is 263 g/mol. The summed E-state index contributed by atoms with van der Waals surface area (Å²) in [6.45, 7) is 8.29. The molecule has 0 saturated carbocycles. The molecule has 0 aliphatic rings. The van der Waals surface area contributed by atoms with E-state index in [1.54, 1.807) is 0 Å². The van der Waals surface area contributed by atoms with Gasteiger partial charge in [-0.3, -0.25) is 0 Å². The topological polar surface area (TPSA) is 17.1 Å².